The fourth-order valence-corrected chi connectivity index (χ4v) is 2.99. The molecule has 0 bridgehead atoms. The second-order valence-electron chi connectivity index (χ2n) is 6.09. The lowest BCUT2D eigenvalue weighted by Crippen LogP contribution is -2.53. The van der Waals surface area contributed by atoms with Gasteiger partial charge in [-0.15, -0.1) is 0 Å². The number of nitrogens with zero attached hydrogens (tertiary/aromatic N) is 1. The maximum Gasteiger partial charge on any atom is 0.242 e. The Balaban J connectivity index is 2.24. The number of benzene rings is 1. The third-order valence-electron chi connectivity index (χ3n) is 4.32. The van der Waals surface area contributed by atoms with Gasteiger partial charge in [0, 0.05) is 20.0 Å². The van der Waals surface area contributed by atoms with E-state index in [1.807, 2.05) is 30.3 Å². The highest BCUT2D eigenvalue weighted by molar-refractivity contribution is 5.90. The fraction of sp³-hybridized carbons (Fsp3) is 0.529. The minimum atomic E-state index is -0.513. The first-order valence-electron chi connectivity index (χ1n) is 7.84. The minimum absolute atomic E-state index is 0.117. The Hall–Kier alpha value is -1.88. The molecule has 0 radical (unpaired) electrons. The van der Waals surface area contributed by atoms with E-state index in [0.29, 0.717) is 25.3 Å². The SMILES string of the molecule is CNC(=O)C(Cc1ccccc1)N1CC[C@@H](C)CC(N)C1=O. The largest absolute Gasteiger partial charge is 0.357 e. The molecule has 22 heavy (non-hydrogen) atoms. The van der Waals surface area contributed by atoms with E-state index in [4.69, 9.17) is 5.73 Å². The van der Waals surface area contributed by atoms with Crippen molar-refractivity contribution in [2.24, 2.45) is 11.7 Å². The monoisotopic (exact) mass is 303 g/mol. The van der Waals surface area contributed by atoms with Crippen LogP contribution in [0.2, 0.25) is 0 Å². The maximum atomic E-state index is 12.6. The van der Waals surface area contributed by atoms with Gasteiger partial charge >= 0.3 is 0 Å². The highest BCUT2D eigenvalue weighted by atomic mass is 16.2. The van der Waals surface area contributed by atoms with Crippen LogP contribution in [0.3, 0.4) is 0 Å². The Kier molecular flexibility index (Phi) is 5.55. The van der Waals surface area contributed by atoms with Crippen LogP contribution in [0.5, 0.6) is 0 Å². The van der Waals surface area contributed by atoms with Gasteiger partial charge in [0.25, 0.3) is 0 Å². The molecule has 1 saturated heterocycles. The molecular weight excluding hydrogens is 278 g/mol. The molecule has 3 N–H and O–H groups in total. The number of nitrogens with one attached hydrogen (secondary N) is 1. The minimum Gasteiger partial charge on any atom is -0.357 e. The number of likely N-dealkylation sites (N-methyl/N-ethyl adjacent to an activating group) is 1. The first-order chi connectivity index (χ1) is 10.5. The molecular formula is C17H25N3O2. The van der Waals surface area contributed by atoms with Gasteiger partial charge in [-0.05, 0) is 24.3 Å². The van der Waals surface area contributed by atoms with E-state index in [2.05, 4.69) is 12.2 Å². The Labute approximate surface area is 131 Å². The predicted octanol–water partition coefficient (Wildman–Crippen LogP) is 0.930. The third kappa shape index (κ3) is 3.85. The highest BCUT2D eigenvalue weighted by Gasteiger charge is 2.34. The summed E-state index contributed by atoms with van der Waals surface area (Å²) >= 11 is 0. The molecule has 120 valence electrons. The molecule has 1 aromatic rings. The molecule has 3 atom stereocenters. The zero-order chi connectivity index (χ0) is 16.1. The molecule has 0 aromatic heterocycles. The van der Waals surface area contributed by atoms with E-state index in [-0.39, 0.29) is 11.8 Å². The number of hydrogen-bond donors (Lipinski definition) is 2. The summed E-state index contributed by atoms with van der Waals surface area (Å²) in [5.74, 6) is 0.138. The van der Waals surface area contributed by atoms with Crippen molar-refractivity contribution < 1.29 is 9.59 Å². The number of carbonyl (C=O) groups is 2. The van der Waals surface area contributed by atoms with Crippen LogP contribution in [0, 0.1) is 5.92 Å². The molecule has 1 fully saturated rings. The molecule has 1 aliphatic heterocycles. The molecule has 0 saturated carbocycles. The summed E-state index contributed by atoms with van der Waals surface area (Å²) in [6, 6.07) is 8.74. The fourth-order valence-electron chi connectivity index (χ4n) is 2.99. The quantitative estimate of drug-likeness (QED) is 0.869. The van der Waals surface area contributed by atoms with E-state index in [0.717, 1.165) is 12.0 Å². The van der Waals surface area contributed by atoms with Crippen LogP contribution < -0.4 is 11.1 Å². The first-order valence-corrected chi connectivity index (χ1v) is 7.84. The number of amides is 2. The molecule has 0 spiro atoms. The summed E-state index contributed by atoms with van der Waals surface area (Å²) in [5, 5.41) is 2.68. The van der Waals surface area contributed by atoms with E-state index in [1.165, 1.54) is 0 Å². The summed E-state index contributed by atoms with van der Waals surface area (Å²) in [7, 11) is 1.60. The molecule has 2 rings (SSSR count). The van der Waals surface area contributed by atoms with Crippen molar-refractivity contribution >= 4 is 11.8 Å². The highest BCUT2D eigenvalue weighted by Crippen LogP contribution is 2.20. The van der Waals surface area contributed by atoms with Crippen LogP contribution >= 0.6 is 0 Å². The average molecular weight is 303 g/mol. The van der Waals surface area contributed by atoms with Crippen LogP contribution in [-0.4, -0.2) is 42.4 Å². The van der Waals surface area contributed by atoms with Crippen molar-refractivity contribution in [1.82, 2.24) is 10.2 Å². The van der Waals surface area contributed by atoms with Crippen molar-refractivity contribution in [1.29, 1.82) is 0 Å². The third-order valence-corrected chi connectivity index (χ3v) is 4.32. The molecule has 1 aromatic carbocycles. The summed E-state index contributed by atoms with van der Waals surface area (Å²) in [6.45, 7) is 2.68. The van der Waals surface area contributed by atoms with Gasteiger partial charge in [0.15, 0.2) is 0 Å². The summed E-state index contributed by atoms with van der Waals surface area (Å²) in [5.41, 5.74) is 7.05. The topological polar surface area (TPSA) is 75.4 Å². The van der Waals surface area contributed by atoms with Crippen LogP contribution in [0.4, 0.5) is 0 Å². The Morgan fingerprint density at radius 1 is 1.41 bits per heavy atom. The van der Waals surface area contributed by atoms with Gasteiger partial charge in [0.2, 0.25) is 11.8 Å². The van der Waals surface area contributed by atoms with E-state index >= 15 is 0 Å². The lowest BCUT2D eigenvalue weighted by Gasteiger charge is -2.31. The normalized spacial score (nSPS) is 23.8. The molecule has 2 unspecified atom stereocenters. The standard InChI is InChI=1S/C17H25N3O2/c1-12-8-9-20(17(22)14(18)10-12)15(16(21)19-2)11-13-6-4-3-5-7-13/h3-7,12,14-15H,8-11,18H2,1-2H3,(H,19,21)/t12-,14?,15?/m1/s1. The smallest absolute Gasteiger partial charge is 0.242 e. The second kappa shape index (κ2) is 7.40. The number of likely N-dealkylation sites (tertiary alicyclic amines) is 1. The average Bonchev–Trinajstić information content (AvgIpc) is 2.65. The van der Waals surface area contributed by atoms with Gasteiger partial charge in [-0.3, -0.25) is 9.59 Å². The van der Waals surface area contributed by atoms with Crippen LogP contribution in [-0.2, 0) is 16.0 Å². The lowest BCUT2D eigenvalue weighted by molar-refractivity contribution is -0.140. The molecule has 2 amide bonds. The van der Waals surface area contributed by atoms with Crippen molar-refractivity contribution in [3.05, 3.63) is 35.9 Å². The molecule has 1 aliphatic rings. The molecule has 5 heteroatoms. The summed E-state index contributed by atoms with van der Waals surface area (Å²) in [4.78, 5) is 26.5. The first kappa shape index (κ1) is 16.5. The van der Waals surface area contributed by atoms with Gasteiger partial charge in [0.1, 0.15) is 6.04 Å². The molecule has 5 nitrogen and oxygen atoms in total. The van der Waals surface area contributed by atoms with Crippen molar-refractivity contribution in [3.63, 3.8) is 0 Å². The van der Waals surface area contributed by atoms with Crippen LogP contribution in [0.1, 0.15) is 25.3 Å². The van der Waals surface area contributed by atoms with Gasteiger partial charge < -0.3 is 16.0 Å². The van der Waals surface area contributed by atoms with Crippen molar-refractivity contribution in [2.75, 3.05) is 13.6 Å². The zero-order valence-corrected chi connectivity index (χ0v) is 13.3. The predicted molar refractivity (Wildman–Crippen MR) is 86.1 cm³/mol. The van der Waals surface area contributed by atoms with E-state index < -0.39 is 12.1 Å². The lowest BCUT2D eigenvalue weighted by atomic mass is 10.0. The van der Waals surface area contributed by atoms with Crippen LogP contribution in [0.15, 0.2) is 30.3 Å². The number of hydrogen-bond acceptors (Lipinski definition) is 3. The molecule has 0 aliphatic carbocycles. The Bertz CT molecular complexity index is 518. The number of carbonyl (C=O) groups excluding carboxylic acids is 2. The zero-order valence-electron chi connectivity index (χ0n) is 13.3. The number of rotatable bonds is 4. The van der Waals surface area contributed by atoms with Crippen LogP contribution in [0.25, 0.3) is 0 Å². The van der Waals surface area contributed by atoms with Gasteiger partial charge in [-0.25, -0.2) is 0 Å². The second-order valence-corrected chi connectivity index (χ2v) is 6.09. The summed E-state index contributed by atoms with van der Waals surface area (Å²) < 4.78 is 0. The van der Waals surface area contributed by atoms with Gasteiger partial charge in [-0.2, -0.15) is 0 Å². The van der Waals surface area contributed by atoms with Crippen molar-refractivity contribution in [3.8, 4) is 0 Å². The van der Waals surface area contributed by atoms with Gasteiger partial charge in [0.05, 0.1) is 6.04 Å². The Morgan fingerprint density at radius 3 is 2.73 bits per heavy atom. The maximum absolute atomic E-state index is 12.6. The van der Waals surface area contributed by atoms with Crippen molar-refractivity contribution in [2.45, 2.75) is 38.3 Å². The van der Waals surface area contributed by atoms with Gasteiger partial charge in [-0.1, -0.05) is 37.3 Å². The Morgan fingerprint density at radius 2 is 2.09 bits per heavy atom. The summed E-state index contributed by atoms with van der Waals surface area (Å²) in [6.07, 6.45) is 2.07. The van der Waals surface area contributed by atoms with E-state index in [1.54, 1.807) is 11.9 Å². The van der Waals surface area contributed by atoms with E-state index in [9.17, 15) is 9.59 Å². The molecule has 1 heterocycles. The number of nitrogens with two attached hydrogens (primary N) is 1.